The molecule has 112 valence electrons. The predicted molar refractivity (Wildman–Crippen MR) is 82.4 cm³/mol. The lowest BCUT2D eigenvalue weighted by Gasteiger charge is -2.10. The minimum absolute atomic E-state index is 0.147. The zero-order valence-corrected chi connectivity index (χ0v) is 13.0. The second-order valence-corrected chi connectivity index (χ2v) is 5.48. The van der Waals surface area contributed by atoms with Crippen molar-refractivity contribution in [2.24, 2.45) is 0 Å². The van der Waals surface area contributed by atoms with Crippen LogP contribution in [0, 0.1) is 4.77 Å². The van der Waals surface area contributed by atoms with E-state index in [-0.39, 0.29) is 5.56 Å². The van der Waals surface area contributed by atoms with Gasteiger partial charge in [-0.25, -0.2) is 4.79 Å². The van der Waals surface area contributed by atoms with E-state index in [1.54, 1.807) is 22.8 Å². The van der Waals surface area contributed by atoms with E-state index in [9.17, 15) is 9.59 Å². The van der Waals surface area contributed by atoms with Crippen molar-refractivity contribution < 1.29 is 14.4 Å². The lowest BCUT2D eigenvalue weighted by molar-refractivity contribution is -0.858. The number of methoxy groups -OCH3 is 1. The van der Waals surface area contributed by atoms with Gasteiger partial charge in [0.25, 0.3) is 5.56 Å². The van der Waals surface area contributed by atoms with Gasteiger partial charge in [-0.3, -0.25) is 9.36 Å². The number of ether oxygens (including phenoxy) is 1. The summed E-state index contributed by atoms with van der Waals surface area (Å²) < 4.78 is 6.57. The Morgan fingerprint density at radius 1 is 1.43 bits per heavy atom. The minimum Gasteiger partial charge on any atom is -0.465 e. The van der Waals surface area contributed by atoms with Gasteiger partial charge in [0.05, 0.1) is 50.8 Å². The predicted octanol–water partition coefficient (Wildman–Crippen LogP) is -0.00981. The summed E-state index contributed by atoms with van der Waals surface area (Å²) in [5.74, 6) is -0.448. The first-order chi connectivity index (χ1) is 9.93. The number of quaternary nitrogens is 1. The molecule has 0 aliphatic heterocycles. The third kappa shape index (κ3) is 3.20. The summed E-state index contributed by atoms with van der Waals surface area (Å²) in [6.07, 6.45) is 0. The number of hydrogen-bond donors (Lipinski definition) is 2. The molecule has 0 fully saturated rings. The van der Waals surface area contributed by atoms with Crippen LogP contribution in [0.4, 0.5) is 0 Å². The second-order valence-electron chi connectivity index (χ2n) is 5.10. The fourth-order valence-electron chi connectivity index (χ4n) is 2.04. The van der Waals surface area contributed by atoms with E-state index >= 15 is 0 Å². The smallest absolute Gasteiger partial charge is 0.337 e. The number of aromatic amines is 1. The fraction of sp³-hybridized carbons (Fsp3) is 0.357. The van der Waals surface area contributed by atoms with Gasteiger partial charge in [-0.05, 0) is 30.4 Å². The van der Waals surface area contributed by atoms with Crippen LogP contribution in [0.1, 0.15) is 10.4 Å². The van der Waals surface area contributed by atoms with Crippen LogP contribution in [-0.2, 0) is 11.3 Å². The monoisotopic (exact) mass is 308 g/mol. The first-order valence-electron chi connectivity index (χ1n) is 6.58. The van der Waals surface area contributed by atoms with E-state index in [0.29, 0.717) is 27.8 Å². The van der Waals surface area contributed by atoms with Gasteiger partial charge >= 0.3 is 5.97 Å². The molecule has 0 aliphatic carbocycles. The van der Waals surface area contributed by atoms with E-state index in [1.807, 2.05) is 14.1 Å². The Kier molecular flexibility index (Phi) is 4.54. The van der Waals surface area contributed by atoms with Crippen molar-refractivity contribution >= 4 is 29.1 Å². The molecule has 1 heterocycles. The normalized spacial score (nSPS) is 11.0. The molecule has 0 saturated carbocycles. The summed E-state index contributed by atoms with van der Waals surface area (Å²) >= 11 is 5.24. The number of carbonyl (C=O) groups excluding carboxylic acids is 1. The average molecular weight is 308 g/mol. The third-order valence-electron chi connectivity index (χ3n) is 3.24. The quantitative estimate of drug-likeness (QED) is 0.616. The third-order valence-corrected chi connectivity index (χ3v) is 3.56. The Hall–Kier alpha value is -1.99. The highest BCUT2D eigenvalue weighted by Crippen LogP contribution is 2.11. The number of benzene rings is 1. The van der Waals surface area contributed by atoms with E-state index in [0.717, 1.165) is 6.54 Å². The number of nitrogens with one attached hydrogen (secondary N) is 2. The van der Waals surface area contributed by atoms with Crippen molar-refractivity contribution in [2.75, 3.05) is 27.7 Å². The van der Waals surface area contributed by atoms with Gasteiger partial charge in [-0.1, -0.05) is 0 Å². The lowest BCUT2D eigenvalue weighted by atomic mass is 10.1. The molecule has 0 bridgehead atoms. The summed E-state index contributed by atoms with van der Waals surface area (Å²) in [6.45, 7) is 1.34. The molecule has 0 aliphatic rings. The van der Waals surface area contributed by atoms with Crippen molar-refractivity contribution in [3.63, 3.8) is 0 Å². The maximum atomic E-state index is 12.5. The Bertz CT molecular complexity index is 792. The van der Waals surface area contributed by atoms with Crippen LogP contribution < -0.4 is 10.5 Å². The Morgan fingerprint density at radius 2 is 2.14 bits per heavy atom. The van der Waals surface area contributed by atoms with Gasteiger partial charge in [0.15, 0.2) is 4.77 Å². The Labute approximate surface area is 127 Å². The molecular formula is C14H18N3O3S+. The average Bonchev–Trinajstić information content (AvgIpc) is 2.45. The molecule has 0 unspecified atom stereocenters. The summed E-state index contributed by atoms with van der Waals surface area (Å²) in [5.41, 5.74) is 0.776. The van der Waals surface area contributed by atoms with Crippen LogP contribution >= 0.6 is 12.2 Å². The number of rotatable bonds is 4. The maximum absolute atomic E-state index is 12.5. The van der Waals surface area contributed by atoms with Crippen molar-refractivity contribution in [3.8, 4) is 0 Å². The summed E-state index contributed by atoms with van der Waals surface area (Å²) in [4.78, 5) is 28.2. The number of esters is 1. The number of H-pyrrole nitrogens is 1. The van der Waals surface area contributed by atoms with Gasteiger partial charge in [0.1, 0.15) is 0 Å². The lowest BCUT2D eigenvalue weighted by Crippen LogP contribution is -3.06. The fourth-order valence-corrected chi connectivity index (χ4v) is 2.32. The minimum atomic E-state index is -0.448. The molecule has 21 heavy (non-hydrogen) atoms. The van der Waals surface area contributed by atoms with Crippen LogP contribution in [0.25, 0.3) is 10.9 Å². The second kappa shape index (κ2) is 6.19. The van der Waals surface area contributed by atoms with Crippen molar-refractivity contribution in [1.29, 1.82) is 0 Å². The van der Waals surface area contributed by atoms with Gasteiger partial charge in [-0.15, -0.1) is 0 Å². The molecule has 6 nitrogen and oxygen atoms in total. The van der Waals surface area contributed by atoms with Crippen LogP contribution in [0.5, 0.6) is 0 Å². The first kappa shape index (κ1) is 15.4. The van der Waals surface area contributed by atoms with Gasteiger partial charge in [0.2, 0.25) is 0 Å². The van der Waals surface area contributed by atoms with E-state index in [1.165, 1.54) is 12.0 Å². The van der Waals surface area contributed by atoms with Gasteiger partial charge in [-0.2, -0.15) is 0 Å². The SMILES string of the molecule is COC(=O)c1ccc2c(=O)n(CC[NH+](C)C)c(=S)[nH]c2c1. The maximum Gasteiger partial charge on any atom is 0.337 e. The number of carbonyl (C=O) groups is 1. The number of aromatic nitrogens is 2. The molecule has 2 aromatic rings. The van der Waals surface area contributed by atoms with Crippen LogP contribution in [0.2, 0.25) is 0 Å². The van der Waals surface area contributed by atoms with Gasteiger partial charge in [0, 0.05) is 0 Å². The molecule has 2 rings (SSSR count). The van der Waals surface area contributed by atoms with Crippen molar-refractivity contribution in [2.45, 2.75) is 6.54 Å². The highest BCUT2D eigenvalue weighted by molar-refractivity contribution is 7.71. The van der Waals surface area contributed by atoms with E-state index < -0.39 is 5.97 Å². The molecule has 2 N–H and O–H groups in total. The zero-order chi connectivity index (χ0) is 15.6. The molecule has 0 amide bonds. The van der Waals surface area contributed by atoms with Crippen molar-refractivity contribution in [1.82, 2.24) is 9.55 Å². The molecule has 1 aromatic heterocycles. The Morgan fingerprint density at radius 3 is 2.76 bits per heavy atom. The van der Waals surface area contributed by atoms with Crippen LogP contribution in [0.15, 0.2) is 23.0 Å². The summed E-state index contributed by atoms with van der Waals surface area (Å²) in [7, 11) is 5.35. The van der Waals surface area contributed by atoms with Crippen LogP contribution in [0.3, 0.4) is 0 Å². The number of likely N-dealkylation sites (N-methyl/N-ethyl adjacent to an activating group) is 1. The van der Waals surface area contributed by atoms with Crippen LogP contribution in [-0.4, -0.2) is 43.3 Å². The summed E-state index contributed by atoms with van der Waals surface area (Å²) in [6, 6.07) is 4.78. The molecule has 0 atom stereocenters. The van der Waals surface area contributed by atoms with E-state index in [2.05, 4.69) is 9.72 Å². The highest BCUT2D eigenvalue weighted by Gasteiger charge is 2.10. The topological polar surface area (TPSA) is 68.5 Å². The van der Waals surface area contributed by atoms with E-state index in [4.69, 9.17) is 12.2 Å². The number of hydrogen-bond acceptors (Lipinski definition) is 4. The summed E-state index contributed by atoms with van der Waals surface area (Å²) in [5, 5.41) is 0.505. The highest BCUT2D eigenvalue weighted by atomic mass is 32.1. The molecule has 1 aromatic carbocycles. The number of nitrogens with zero attached hydrogens (tertiary/aromatic N) is 1. The molecule has 0 saturated heterocycles. The van der Waals surface area contributed by atoms with Crippen molar-refractivity contribution in [3.05, 3.63) is 38.9 Å². The zero-order valence-electron chi connectivity index (χ0n) is 12.2. The number of fused-ring (bicyclic) bond motifs is 1. The molecule has 0 radical (unpaired) electrons. The largest absolute Gasteiger partial charge is 0.465 e. The standard InChI is InChI=1S/C14H17N3O3S/c1-16(2)6-7-17-12(18)10-5-4-9(13(19)20-3)8-11(10)15-14(17)21/h4-5,8H,6-7H2,1-3H3,(H,15,21)/p+1. The molecule has 7 heteroatoms. The molecule has 0 spiro atoms. The Balaban J connectivity index is 2.55. The first-order valence-corrected chi connectivity index (χ1v) is 6.99. The molecular weight excluding hydrogens is 290 g/mol. The van der Waals surface area contributed by atoms with Gasteiger partial charge < -0.3 is 14.6 Å².